The third-order valence-electron chi connectivity index (χ3n) is 4.54. The van der Waals surface area contributed by atoms with Gasteiger partial charge in [-0.05, 0) is 66.6 Å². The maximum Gasteiger partial charge on any atom is 0.329 e. The average molecular weight is 523 g/mol. The molecule has 0 saturated heterocycles. The number of halogens is 1. The van der Waals surface area contributed by atoms with Gasteiger partial charge in [-0.15, -0.1) is 0 Å². The molecule has 0 heterocycles. The summed E-state index contributed by atoms with van der Waals surface area (Å²) < 4.78 is 6.40. The topological polar surface area (TPSA) is 109 Å². The van der Waals surface area contributed by atoms with Crippen LogP contribution in [0, 0.1) is 6.92 Å². The number of amides is 3. The van der Waals surface area contributed by atoms with Crippen LogP contribution in [-0.4, -0.2) is 30.5 Å². The molecule has 9 heteroatoms. The molecule has 0 radical (unpaired) electrons. The molecule has 0 aromatic heterocycles. The first-order valence-electron chi connectivity index (χ1n) is 10.3. The van der Waals surface area contributed by atoms with Crippen molar-refractivity contribution in [3.05, 3.63) is 94.0 Å². The lowest BCUT2D eigenvalue weighted by Gasteiger charge is -2.08. The van der Waals surface area contributed by atoms with Gasteiger partial charge in [0.15, 0.2) is 6.61 Å². The fraction of sp³-hybridized carbons (Fsp3) is 0.120. The summed E-state index contributed by atoms with van der Waals surface area (Å²) in [7, 11) is 0. The van der Waals surface area contributed by atoms with Gasteiger partial charge in [-0.25, -0.2) is 5.43 Å². The van der Waals surface area contributed by atoms with Crippen molar-refractivity contribution < 1.29 is 19.1 Å². The van der Waals surface area contributed by atoms with Crippen molar-refractivity contribution in [2.75, 3.05) is 11.9 Å². The van der Waals surface area contributed by atoms with Gasteiger partial charge in [0.05, 0.1) is 6.21 Å². The summed E-state index contributed by atoms with van der Waals surface area (Å²) in [6.45, 7) is 2.08. The van der Waals surface area contributed by atoms with E-state index in [1.165, 1.54) is 6.21 Å². The standard InChI is InChI=1S/C25H23BrN4O4/c1-17-2-4-18(5-3-17)14-27-24(32)25(33)30-28-15-19-6-12-22(13-7-19)34-16-23(31)29-21-10-8-20(26)9-11-21/h2-13,15H,14,16H2,1H3,(H,27,32)(H,29,31)(H,30,33)/b28-15-. The molecule has 0 aliphatic carbocycles. The second kappa shape index (κ2) is 12.3. The zero-order valence-electron chi connectivity index (χ0n) is 18.4. The van der Waals surface area contributed by atoms with E-state index in [9.17, 15) is 14.4 Å². The minimum Gasteiger partial charge on any atom is -0.484 e. The number of aryl methyl sites for hydroxylation is 1. The fourth-order valence-electron chi connectivity index (χ4n) is 2.71. The molecule has 174 valence electrons. The number of carbonyl (C=O) groups is 3. The number of ether oxygens (including phenoxy) is 1. The first kappa shape index (κ1) is 24.7. The van der Waals surface area contributed by atoms with Gasteiger partial charge in [0.25, 0.3) is 5.91 Å². The Kier molecular flexibility index (Phi) is 8.93. The highest BCUT2D eigenvalue weighted by Gasteiger charge is 2.11. The van der Waals surface area contributed by atoms with E-state index >= 15 is 0 Å². The number of rotatable bonds is 8. The van der Waals surface area contributed by atoms with Crippen LogP contribution in [0.5, 0.6) is 5.75 Å². The summed E-state index contributed by atoms with van der Waals surface area (Å²) in [5.74, 6) is -1.41. The number of nitrogens with one attached hydrogen (secondary N) is 3. The van der Waals surface area contributed by atoms with Crippen molar-refractivity contribution in [2.24, 2.45) is 5.10 Å². The molecule has 3 aromatic carbocycles. The summed E-state index contributed by atoms with van der Waals surface area (Å²) in [6, 6.07) is 21.6. The minimum absolute atomic E-state index is 0.142. The molecular weight excluding hydrogens is 500 g/mol. The Labute approximate surface area is 205 Å². The van der Waals surface area contributed by atoms with E-state index < -0.39 is 11.8 Å². The molecule has 3 N–H and O–H groups in total. The van der Waals surface area contributed by atoms with E-state index in [1.54, 1.807) is 36.4 Å². The average Bonchev–Trinajstić information content (AvgIpc) is 2.84. The lowest BCUT2D eigenvalue weighted by atomic mass is 10.1. The third kappa shape index (κ3) is 8.18. The Balaban J connectivity index is 1.39. The maximum absolute atomic E-state index is 12.0. The van der Waals surface area contributed by atoms with E-state index in [-0.39, 0.29) is 19.1 Å². The van der Waals surface area contributed by atoms with Gasteiger partial charge in [-0.3, -0.25) is 14.4 Å². The molecule has 8 nitrogen and oxygen atoms in total. The third-order valence-corrected chi connectivity index (χ3v) is 5.07. The van der Waals surface area contributed by atoms with Crippen LogP contribution in [0.3, 0.4) is 0 Å². The molecule has 0 unspecified atom stereocenters. The van der Waals surface area contributed by atoms with Crippen molar-refractivity contribution >= 4 is 45.6 Å². The van der Waals surface area contributed by atoms with Crippen LogP contribution in [-0.2, 0) is 20.9 Å². The number of hydrogen-bond donors (Lipinski definition) is 3. The normalized spacial score (nSPS) is 10.5. The van der Waals surface area contributed by atoms with Gasteiger partial charge in [0.1, 0.15) is 5.75 Å². The second-order valence-corrected chi connectivity index (χ2v) is 8.20. The Morgan fingerprint density at radius 1 is 0.912 bits per heavy atom. The summed E-state index contributed by atoms with van der Waals surface area (Å²) in [5.41, 5.74) is 5.54. The predicted molar refractivity (Wildman–Crippen MR) is 133 cm³/mol. The summed E-state index contributed by atoms with van der Waals surface area (Å²) in [5, 5.41) is 9.07. The number of anilines is 1. The highest BCUT2D eigenvalue weighted by atomic mass is 79.9. The molecule has 0 bridgehead atoms. The highest BCUT2D eigenvalue weighted by Crippen LogP contribution is 2.15. The quantitative estimate of drug-likeness (QED) is 0.239. The largest absolute Gasteiger partial charge is 0.484 e. The number of carbonyl (C=O) groups excluding carboxylic acids is 3. The van der Waals surface area contributed by atoms with Crippen molar-refractivity contribution in [1.29, 1.82) is 0 Å². The summed E-state index contributed by atoms with van der Waals surface area (Å²) in [4.78, 5) is 35.7. The first-order chi connectivity index (χ1) is 16.4. The monoisotopic (exact) mass is 522 g/mol. The number of hydrogen-bond acceptors (Lipinski definition) is 5. The Morgan fingerprint density at radius 2 is 1.59 bits per heavy atom. The van der Waals surface area contributed by atoms with Gasteiger partial charge >= 0.3 is 11.8 Å². The molecule has 34 heavy (non-hydrogen) atoms. The smallest absolute Gasteiger partial charge is 0.329 e. The van der Waals surface area contributed by atoms with E-state index in [1.807, 2.05) is 43.3 Å². The van der Waals surface area contributed by atoms with E-state index in [0.29, 0.717) is 17.0 Å². The highest BCUT2D eigenvalue weighted by molar-refractivity contribution is 9.10. The lowest BCUT2D eigenvalue weighted by molar-refractivity contribution is -0.139. The SMILES string of the molecule is Cc1ccc(CNC(=O)C(=O)N/N=C\c2ccc(OCC(=O)Nc3ccc(Br)cc3)cc2)cc1. The van der Waals surface area contributed by atoms with Crippen molar-refractivity contribution in [3.8, 4) is 5.75 Å². The molecule has 0 fully saturated rings. The molecular formula is C25H23BrN4O4. The molecule has 3 aromatic rings. The van der Waals surface area contributed by atoms with E-state index in [0.717, 1.165) is 15.6 Å². The van der Waals surface area contributed by atoms with Crippen LogP contribution < -0.4 is 20.8 Å². The number of nitrogens with zero attached hydrogens (tertiary/aromatic N) is 1. The molecule has 0 aliphatic rings. The molecule has 0 spiro atoms. The van der Waals surface area contributed by atoms with Crippen molar-refractivity contribution in [2.45, 2.75) is 13.5 Å². The van der Waals surface area contributed by atoms with Crippen LogP contribution in [0.15, 0.2) is 82.4 Å². The first-order valence-corrected chi connectivity index (χ1v) is 11.1. The van der Waals surface area contributed by atoms with Crippen LogP contribution in [0.25, 0.3) is 0 Å². The van der Waals surface area contributed by atoms with Crippen LogP contribution in [0.4, 0.5) is 5.69 Å². The molecule has 0 saturated carbocycles. The predicted octanol–water partition coefficient (Wildman–Crippen LogP) is 3.54. The second-order valence-electron chi connectivity index (χ2n) is 7.28. The van der Waals surface area contributed by atoms with E-state index in [4.69, 9.17) is 4.74 Å². The van der Waals surface area contributed by atoms with Gasteiger partial charge in [-0.2, -0.15) is 5.10 Å². The van der Waals surface area contributed by atoms with Crippen molar-refractivity contribution in [3.63, 3.8) is 0 Å². The lowest BCUT2D eigenvalue weighted by Crippen LogP contribution is -2.37. The maximum atomic E-state index is 12.0. The van der Waals surface area contributed by atoms with Gasteiger partial charge < -0.3 is 15.4 Å². The zero-order chi connectivity index (χ0) is 24.3. The van der Waals surface area contributed by atoms with Gasteiger partial charge in [0.2, 0.25) is 0 Å². The summed E-state index contributed by atoms with van der Waals surface area (Å²) in [6.07, 6.45) is 1.40. The minimum atomic E-state index is -0.861. The van der Waals surface area contributed by atoms with Gasteiger partial charge in [0, 0.05) is 16.7 Å². The van der Waals surface area contributed by atoms with Crippen LogP contribution >= 0.6 is 15.9 Å². The van der Waals surface area contributed by atoms with Crippen molar-refractivity contribution in [1.82, 2.24) is 10.7 Å². The van der Waals surface area contributed by atoms with Gasteiger partial charge in [-0.1, -0.05) is 45.8 Å². The Morgan fingerprint density at radius 3 is 2.26 bits per heavy atom. The summed E-state index contributed by atoms with van der Waals surface area (Å²) >= 11 is 3.34. The molecule has 3 amide bonds. The Hall–Kier alpha value is -3.98. The van der Waals surface area contributed by atoms with Crippen LogP contribution in [0.2, 0.25) is 0 Å². The zero-order valence-corrected chi connectivity index (χ0v) is 20.0. The number of hydrazone groups is 1. The van der Waals surface area contributed by atoms with E-state index in [2.05, 4.69) is 37.1 Å². The molecule has 0 aliphatic heterocycles. The molecule has 0 atom stereocenters. The Bertz CT molecular complexity index is 1160. The fourth-order valence-corrected chi connectivity index (χ4v) is 2.98. The van der Waals surface area contributed by atoms with Crippen LogP contribution in [0.1, 0.15) is 16.7 Å². The number of benzene rings is 3. The molecule has 3 rings (SSSR count).